The summed E-state index contributed by atoms with van der Waals surface area (Å²) in [5.74, 6) is -0.926. The molecule has 0 aliphatic rings. The van der Waals surface area contributed by atoms with Crippen LogP contribution in [0.4, 0.5) is 0 Å². The quantitative estimate of drug-likeness (QED) is 0.0262. The summed E-state index contributed by atoms with van der Waals surface area (Å²) in [6.07, 6.45) is 64.5. The average molecular weight is 879 g/mol. The summed E-state index contributed by atoms with van der Waals surface area (Å²) in [6.45, 7) is 6.47. The predicted molar refractivity (Wildman–Crippen MR) is 270 cm³/mol. The molecule has 0 aliphatic carbocycles. The second kappa shape index (κ2) is 51.5. The highest BCUT2D eigenvalue weighted by atomic mass is 16.6. The van der Waals surface area contributed by atoms with Crippen LogP contribution in [-0.4, -0.2) is 37.2 Å². The molecule has 0 spiro atoms. The molecular formula is C57H98O6. The van der Waals surface area contributed by atoms with Crippen LogP contribution in [0.25, 0.3) is 0 Å². The topological polar surface area (TPSA) is 78.9 Å². The van der Waals surface area contributed by atoms with E-state index in [9.17, 15) is 14.4 Å². The summed E-state index contributed by atoms with van der Waals surface area (Å²) in [7, 11) is 0. The van der Waals surface area contributed by atoms with Crippen LogP contribution in [-0.2, 0) is 28.6 Å². The summed E-state index contributed by atoms with van der Waals surface area (Å²) >= 11 is 0. The smallest absolute Gasteiger partial charge is 0.306 e. The minimum absolute atomic E-state index is 0.0889. The van der Waals surface area contributed by atoms with Gasteiger partial charge in [-0.2, -0.15) is 0 Å². The summed E-state index contributed by atoms with van der Waals surface area (Å²) < 4.78 is 16.8. The van der Waals surface area contributed by atoms with Gasteiger partial charge in [0.1, 0.15) is 13.2 Å². The number of carbonyl (C=O) groups is 3. The molecule has 6 heteroatoms. The van der Waals surface area contributed by atoms with Gasteiger partial charge in [-0.25, -0.2) is 0 Å². The molecule has 0 aromatic carbocycles. The van der Waals surface area contributed by atoms with Crippen molar-refractivity contribution in [2.75, 3.05) is 13.2 Å². The van der Waals surface area contributed by atoms with E-state index in [-0.39, 0.29) is 31.1 Å². The van der Waals surface area contributed by atoms with Gasteiger partial charge in [0.15, 0.2) is 6.10 Å². The Hall–Kier alpha value is -3.15. The Morgan fingerprint density at radius 1 is 0.333 bits per heavy atom. The standard InChI is InChI=1S/C57H98O6/c1-4-7-10-13-16-19-22-25-27-28-29-30-31-33-35-38-41-44-47-50-56(59)62-53-54(52-61-55(58)49-46-43-40-37-34-24-21-18-15-12-9-6-3)63-57(60)51-48-45-42-39-36-32-26-23-20-17-14-11-8-5-2/h7,10,16,18-19,21,25,27,29-30,33,35,54H,4-6,8-9,11-15,17,20,22-24,26,28,31-32,34,36-53H2,1-3H3/b10-7-,19-16-,21-18-,27-25-,30-29-,35-33-. The lowest BCUT2D eigenvalue weighted by atomic mass is 10.0. The van der Waals surface area contributed by atoms with E-state index in [1.807, 2.05) is 0 Å². The van der Waals surface area contributed by atoms with E-state index in [1.165, 1.54) is 109 Å². The third-order valence-electron chi connectivity index (χ3n) is 11.2. The average Bonchev–Trinajstić information content (AvgIpc) is 3.28. The van der Waals surface area contributed by atoms with Gasteiger partial charge < -0.3 is 14.2 Å². The Kier molecular flexibility index (Phi) is 48.9. The number of esters is 3. The lowest BCUT2D eigenvalue weighted by molar-refractivity contribution is -0.167. The molecule has 63 heavy (non-hydrogen) atoms. The van der Waals surface area contributed by atoms with Crippen molar-refractivity contribution in [3.8, 4) is 0 Å². The molecule has 0 saturated heterocycles. The molecule has 0 amide bonds. The van der Waals surface area contributed by atoms with Gasteiger partial charge in [0.25, 0.3) is 0 Å². The molecule has 1 atom stereocenters. The van der Waals surface area contributed by atoms with E-state index < -0.39 is 6.10 Å². The molecule has 0 heterocycles. The van der Waals surface area contributed by atoms with Crippen LogP contribution in [0.15, 0.2) is 72.9 Å². The summed E-state index contributed by atoms with van der Waals surface area (Å²) in [5, 5.41) is 0. The van der Waals surface area contributed by atoms with Crippen molar-refractivity contribution < 1.29 is 28.6 Å². The Balaban J connectivity index is 4.42. The maximum absolute atomic E-state index is 12.8. The fourth-order valence-electron chi connectivity index (χ4n) is 7.23. The number of ether oxygens (including phenoxy) is 3. The van der Waals surface area contributed by atoms with Gasteiger partial charge in [-0.15, -0.1) is 0 Å². The minimum Gasteiger partial charge on any atom is -0.462 e. The van der Waals surface area contributed by atoms with Gasteiger partial charge in [-0.3, -0.25) is 14.4 Å². The van der Waals surface area contributed by atoms with E-state index in [0.717, 1.165) is 103 Å². The van der Waals surface area contributed by atoms with E-state index in [0.29, 0.717) is 19.3 Å². The molecule has 6 nitrogen and oxygen atoms in total. The van der Waals surface area contributed by atoms with Gasteiger partial charge in [0, 0.05) is 19.3 Å². The Bertz CT molecular complexity index is 1190. The summed E-state index contributed by atoms with van der Waals surface area (Å²) in [5.41, 5.74) is 0. The Morgan fingerprint density at radius 2 is 0.619 bits per heavy atom. The molecule has 1 unspecified atom stereocenters. The van der Waals surface area contributed by atoms with Crippen molar-refractivity contribution in [1.82, 2.24) is 0 Å². The first-order chi connectivity index (χ1) is 31.0. The predicted octanol–water partition coefficient (Wildman–Crippen LogP) is 17.4. The zero-order valence-corrected chi connectivity index (χ0v) is 41.3. The summed E-state index contributed by atoms with van der Waals surface area (Å²) in [6, 6.07) is 0. The molecule has 0 radical (unpaired) electrons. The second-order valence-electron chi connectivity index (χ2n) is 17.4. The van der Waals surface area contributed by atoms with Crippen molar-refractivity contribution in [3.05, 3.63) is 72.9 Å². The zero-order chi connectivity index (χ0) is 45.8. The van der Waals surface area contributed by atoms with Crippen LogP contribution in [0.5, 0.6) is 0 Å². The number of carbonyl (C=O) groups excluding carboxylic acids is 3. The highest BCUT2D eigenvalue weighted by Gasteiger charge is 2.19. The van der Waals surface area contributed by atoms with Crippen LogP contribution in [0.2, 0.25) is 0 Å². The first kappa shape index (κ1) is 59.9. The molecule has 0 saturated carbocycles. The minimum atomic E-state index is -0.789. The maximum atomic E-state index is 12.8. The largest absolute Gasteiger partial charge is 0.462 e. The normalized spacial score (nSPS) is 12.6. The molecule has 0 rings (SSSR count). The Labute approximate surface area is 389 Å². The van der Waals surface area contributed by atoms with Gasteiger partial charge in [0.05, 0.1) is 0 Å². The first-order valence-corrected chi connectivity index (χ1v) is 26.4. The highest BCUT2D eigenvalue weighted by Crippen LogP contribution is 2.15. The van der Waals surface area contributed by atoms with E-state index in [4.69, 9.17) is 14.2 Å². The molecule has 0 aromatic rings. The van der Waals surface area contributed by atoms with Crippen LogP contribution in [0.3, 0.4) is 0 Å². The monoisotopic (exact) mass is 879 g/mol. The van der Waals surface area contributed by atoms with Crippen molar-refractivity contribution >= 4 is 17.9 Å². The van der Waals surface area contributed by atoms with E-state index in [2.05, 4.69) is 93.7 Å². The van der Waals surface area contributed by atoms with Crippen LogP contribution >= 0.6 is 0 Å². The third kappa shape index (κ3) is 49.7. The van der Waals surface area contributed by atoms with Gasteiger partial charge in [0.2, 0.25) is 0 Å². The fourth-order valence-corrected chi connectivity index (χ4v) is 7.23. The fraction of sp³-hybridized carbons (Fsp3) is 0.737. The Morgan fingerprint density at radius 3 is 1.03 bits per heavy atom. The SMILES string of the molecule is CC/C=C\C/C=C\C/C=C\C/C=C\C/C=C\CCCCCC(=O)OCC(COC(=O)CCCCCCC/C=C\CCCCC)OC(=O)CCCCCCCCCCCCCCCC. The van der Waals surface area contributed by atoms with Crippen LogP contribution in [0.1, 0.15) is 252 Å². The van der Waals surface area contributed by atoms with Gasteiger partial charge in [-0.1, -0.05) is 216 Å². The van der Waals surface area contributed by atoms with E-state index in [1.54, 1.807) is 0 Å². The molecule has 0 fully saturated rings. The van der Waals surface area contributed by atoms with Gasteiger partial charge in [-0.05, 0) is 89.9 Å². The molecular weight excluding hydrogens is 781 g/mol. The lowest BCUT2D eigenvalue weighted by Crippen LogP contribution is -2.30. The number of unbranched alkanes of at least 4 members (excludes halogenated alkanes) is 24. The van der Waals surface area contributed by atoms with Crippen molar-refractivity contribution in [3.63, 3.8) is 0 Å². The molecule has 0 N–H and O–H groups in total. The summed E-state index contributed by atoms with van der Waals surface area (Å²) in [4.78, 5) is 38.0. The van der Waals surface area contributed by atoms with Crippen molar-refractivity contribution in [2.45, 2.75) is 258 Å². The number of hydrogen-bond acceptors (Lipinski definition) is 6. The van der Waals surface area contributed by atoms with Crippen LogP contribution < -0.4 is 0 Å². The number of hydrogen-bond donors (Lipinski definition) is 0. The van der Waals surface area contributed by atoms with E-state index >= 15 is 0 Å². The maximum Gasteiger partial charge on any atom is 0.306 e. The first-order valence-electron chi connectivity index (χ1n) is 26.4. The van der Waals surface area contributed by atoms with Crippen LogP contribution in [0, 0.1) is 0 Å². The zero-order valence-electron chi connectivity index (χ0n) is 41.3. The number of rotatable bonds is 47. The number of allylic oxidation sites excluding steroid dienone is 12. The molecule has 362 valence electrons. The van der Waals surface area contributed by atoms with Crippen molar-refractivity contribution in [2.24, 2.45) is 0 Å². The molecule has 0 bridgehead atoms. The van der Waals surface area contributed by atoms with Gasteiger partial charge >= 0.3 is 17.9 Å². The molecule has 0 aliphatic heterocycles. The highest BCUT2D eigenvalue weighted by molar-refractivity contribution is 5.71. The lowest BCUT2D eigenvalue weighted by Gasteiger charge is -2.18. The van der Waals surface area contributed by atoms with Crippen molar-refractivity contribution in [1.29, 1.82) is 0 Å². The second-order valence-corrected chi connectivity index (χ2v) is 17.4. The molecule has 0 aromatic heterocycles. The third-order valence-corrected chi connectivity index (χ3v) is 11.2.